The van der Waals surface area contributed by atoms with Gasteiger partial charge in [-0.2, -0.15) is 0 Å². The molecule has 0 aliphatic carbocycles. The van der Waals surface area contributed by atoms with E-state index >= 15 is 0 Å². The van der Waals surface area contributed by atoms with E-state index in [2.05, 4.69) is 16.0 Å². The van der Waals surface area contributed by atoms with E-state index in [4.69, 9.17) is 0 Å². The Kier molecular flexibility index (Phi) is 4.52. The summed E-state index contributed by atoms with van der Waals surface area (Å²) in [6.45, 7) is 2.43. The summed E-state index contributed by atoms with van der Waals surface area (Å²) in [6.07, 6.45) is 1.41. The summed E-state index contributed by atoms with van der Waals surface area (Å²) in [4.78, 5) is 23.0. The Bertz CT molecular complexity index is 447. The number of para-hydroxylation sites is 1. The van der Waals surface area contributed by atoms with Crippen LogP contribution in [0.25, 0.3) is 0 Å². The lowest BCUT2D eigenvalue weighted by Gasteiger charge is -2.17. The summed E-state index contributed by atoms with van der Waals surface area (Å²) < 4.78 is 0. The van der Waals surface area contributed by atoms with Gasteiger partial charge in [-0.15, -0.1) is 0 Å². The Morgan fingerprint density at radius 3 is 2.79 bits per heavy atom. The Morgan fingerprint density at radius 2 is 2.16 bits per heavy atom. The van der Waals surface area contributed by atoms with Crippen LogP contribution < -0.4 is 16.0 Å². The van der Waals surface area contributed by atoms with Crippen LogP contribution in [-0.2, 0) is 9.59 Å². The Balaban J connectivity index is 1.75. The lowest BCUT2D eigenvalue weighted by Crippen LogP contribution is -2.44. The zero-order chi connectivity index (χ0) is 13.7. The molecule has 0 spiro atoms. The number of hydrogen-bond acceptors (Lipinski definition) is 3. The molecular formula is C14H19N3O2. The van der Waals surface area contributed by atoms with Crippen molar-refractivity contribution in [2.24, 2.45) is 0 Å². The summed E-state index contributed by atoms with van der Waals surface area (Å²) in [5.41, 5.74) is 0.787. The summed E-state index contributed by atoms with van der Waals surface area (Å²) in [7, 11) is 0. The van der Waals surface area contributed by atoms with Crippen molar-refractivity contribution in [3.05, 3.63) is 30.3 Å². The van der Waals surface area contributed by atoms with Gasteiger partial charge in [-0.05, 0) is 25.5 Å². The minimum atomic E-state index is -0.294. The minimum absolute atomic E-state index is 0.0736. The van der Waals surface area contributed by atoms with Crippen LogP contribution in [0, 0.1) is 0 Å². The highest BCUT2D eigenvalue weighted by Gasteiger charge is 2.22. The van der Waals surface area contributed by atoms with Crippen molar-refractivity contribution in [1.29, 1.82) is 0 Å². The molecule has 2 unspecified atom stereocenters. The number of carbonyl (C=O) groups excluding carboxylic acids is 2. The third-order valence-electron chi connectivity index (χ3n) is 3.19. The van der Waals surface area contributed by atoms with Gasteiger partial charge in [0.05, 0.1) is 6.04 Å². The van der Waals surface area contributed by atoms with Gasteiger partial charge in [0, 0.05) is 24.7 Å². The highest BCUT2D eigenvalue weighted by Crippen LogP contribution is 2.07. The number of benzene rings is 1. The fourth-order valence-electron chi connectivity index (χ4n) is 2.01. The van der Waals surface area contributed by atoms with Crippen molar-refractivity contribution >= 4 is 17.5 Å². The van der Waals surface area contributed by atoms with Crippen molar-refractivity contribution in [3.8, 4) is 0 Å². The zero-order valence-electron chi connectivity index (χ0n) is 11.0. The number of amides is 2. The van der Waals surface area contributed by atoms with E-state index in [1.807, 2.05) is 37.3 Å². The fourth-order valence-corrected chi connectivity index (χ4v) is 2.01. The van der Waals surface area contributed by atoms with E-state index in [0.29, 0.717) is 13.0 Å². The van der Waals surface area contributed by atoms with E-state index in [1.165, 1.54) is 0 Å². The molecule has 2 amide bonds. The highest BCUT2D eigenvalue weighted by molar-refractivity contribution is 5.94. The van der Waals surface area contributed by atoms with Crippen LogP contribution in [0.15, 0.2) is 30.3 Å². The maximum Gasteiger partial charge on any atom is 0.241 e. The number of hydrogen-bond donors (Lipinski definition) is 3. The van der Waals surface area contributed by atoms with Crippen LogP contribution in [0.1, 0.15) is 19.8 Å². The van der Waals surface area contributed by atoms with Crippen LogP contribution >= 0.6 is 0 Å². The first-order chi connectivity index (χ1) is 9.15. The SMILES string of the molecule is CC(NCC1CCC(=O)N1)C(=O)Nc1ccccc1. The Morgan fingerprint density at radius 1 is 1.42 bits per heavy atom. The maximum atomic E-state index is 11.9. The number of rotatable bonds is 5. The molecule has 1 aliphatic rings. The molecule has 1 aromatic rings. The van der Waals surface area contributed by atoms with Gasteiger partial charge in [0.15, 0.2) is 0 Å². The first-order valence-electron chi connectivity index (χ1n) is 6.54. The second kappa shape index (κ2) is 6.33. The standard InChI is InChI=1S/C14H19N3O2/c1-10(15-9-12-7-8-13(18)16-12)14(19)17-11-5-3-2-4-6-11/h2-6,10,12,15H,7-9H2,1H3,(H,16,18)(H,17,19). The van der Waals surface area contributed by atoms with Crippen LogP contribution in [0.5, 0.6) is 0 Å². The number of nitrogens with one attached hydrogen (secondary N) is 3. The minimum Gasteiger partial charge on any atom is -0.352 e. The molecule has 1 aromatic carbocycles. The van der Waals surface area contributed by atoms with Gasteiger partial charge in [0.1, 0.15) is 0 Å². The quantitative estimate of drug-likeness (QED) is 0.737. The van der Waals surface area contributed by atoms with Crippen molar-refractivity contribution in [1.82, 2.24) is 10.6 Å². The molecule has 0 saturated carbocycles. The summed E-state index contributed by atoms with van der Waals surface area (Å²) in [6, 6.07) is 9.20. The lowest BCUT2D eigenvalue weighted by atomic mass is 10.2. The molecule has 0 radical (unpaired) electrons. The molecule has 1 aliphatic heterocycles. The second-order valence-corrected chi connectivity index (χ2v) is 4.79. The van der Waals surface area contributed by atoms with E-state index in [1.54, 1.807) is 0 Å². The Hall–Kier alpha value is -1.88. The highest BCUT2D eigenvalue weighted by atomic mass is 16.2. The molecule has 2 rings (SSSR count). The summed E-state index contributed by atoms with van der Waals surface area (Å²) in [5, 5.41) is 8.84. The van der Waals surface area contributed by atoms with Crippen LogP contribution in [0.2, 0.25) is 0 Å². The molecule has 1 fully saturated rings. The molecule has 5 nitrogen and oxygen atoms in total. The van der Waals surface area contributed by atoms with Gasteiger partial charge in [0.2, 0.25) is 11.8 Å². The van der Waals surface area contributed by atoms with E-state index in [-0.39, 0.29) is 23.9 Å². The normalized spacial score (nSPS) is 19.8. The van der Waals surface area contributed by atoms with Crippen molar-refractivity contribution in [2.75, 3.05) is 11.9 Å². The molecule has 19 heavy (non-hydrogen) atoms. The van der Waals surface area contributed by atoms with Crippen molar-refractivity contribution in [2.45, 2.75) is 31.8 Å². The monoisotopic (exact) mass is 261 g/mol. The predicted octanol–water partition coefficient (Wildman–Crippen LogP) is 0.882. The van der Waals surface area contributed by atoms with Crippen LogP contribution in [0.3, 0.4) is 0 Å². The second-order valence-electron chi connectivity index (χ2n) is 4.79. The van der Waals surface area contributed by atoms with Gasteiger partial charge in [-0.25, -0.2) is 0 Å². The topological polar surface area (TPSA) is 70.2 Å². The maximum absolute atomic E-state index is 11.9. The molecule has 3 N–H and O–H groups in total. The largest absolute Gasteiger partial charge is 0.352 e. The first-order valence-corrected chi connectivity index (χ1v) is 6.54. The number of carbonyl (C=O) groups is 2. The van der Waals surface area contributed by atoms with Crippen molar-refractivity contribution in [3.63, 3.8) is 0 Å². The van der Waals surface area contributed by atoms with Crippen LogP contribution in [0.4, 0.5) is 5.69 Å². The average molecular weight is 261 g/mol. The Labute approximate surface area is 112 Å². The summed E-state index contributed by atoms with van der Waals surface area (Å²) >= 11 is 0. The van der Waals surface area contributed by atoms with Gasteiger partial charge >= 0.3 is 0 Å². The number of anilines is 1. The lowest BCUT2D eigenvalue weighted by molar-refractivity contribution is -0.119. The molecule has 2 atom stereocenters. The van der Waals surface area contributed by atoms with Gasteiger partial charge < -0.3 is 16.0 Å². The molecule has 1 heterocycles. The average Bonchev–Trinajstić information content (AvgIpc) is 2.83. The first kappa shape index (κ1) is 13.5. The molecule has 102 valence electrons. The van der Waals surface area contributed by atoms with Gasteiger partial charge in [-0.3, -0.25) is 9.59 Å². The third kappa shape index (κ3) is 4.06. The molecule has 0 bridgehead atoms. The van der Waals surface area contributed by atoms with Gasteiger partial charge in [-0.1, -0.05) is 18.2 Å². The van der Waals surface area contributed by atoms with E-state index in [0.717, 1.165) is 12.1 Å². The predicted molar refractivity (Wildman–Crippen MR) is 73.7 cm³/mol. The fraction of sp³-hybridized carbons (Fsp3) is 0.429. The summed E-state index contributed by atoms with van der Waals surface area (Å²) in [5.74, 6) is 0.0173. The zero-order valence-corrected chi connectivity index (χ0v) is 11.0. The molecule has 0 aromatic heterocycles. The van der Waals surface area contributed by atoms with E-state index < -0.39 is 0 Å². The molecule has 1 saturated heterocycles. The molecular weight excluding hydrogens is 242 g/mol. The smallest absolute Gasteiger partial charge is 0.241 e. The third-order valence-corrected chi connectivity index (χ3v) is 3.19. The molecule has 5 heteroatoms. The van der Waals surface area contributed by atoms with E-state index in [9.17, 15) is 9.59 Å². The van der Waals surface area contributed by atoms with Crippen molar-refractivity contribution < 1.29 is 9.59 Å². The van der Waals surface area contributed by atoms with Crippen LogP contribution in [-0.4, -0.2) is 30.4 Å². The van der Waals surface area contributed by atoms with Gasteiger partial charge in [0.25, 0.3) is 0 Å².